The summed E-state index contributed by atoms with van der Waals surface area (Å²) in [4.78, 5) is 0.151. The van der Waals surface area contributed by atoms with Crippen LogP contribution in [0.4, 0.5) is 13.2 Å². The fraction of sp³-hybridized carbons (Fsp3) is 0.227. The summed E-state index contributed by atoms with van der Waals surface area (Å²) in [6, 6.07) is 11.2. The highest BCUT2D eigenvalue weighted by Gasteiger charge is 2.29. The molecule has 0 atom stereocenters. The van der Waals surface area contributed by atoms with Crippen LogP contribution in [0.25, 0.3) is 6.08 Å². The molecule has 0 aliphatic carbocycles. The minimum atomic E-state index is -4.39. The number of halogens is 3. The third kappa shape index (κ3) is 6.38. The zero-order valence-corrected chi connectivity index (χ0v) is 17.2. The maximum absolute atomic E-state index is 12.9. The SMILES string of the molecule is CC(C)=C=CN(C/C=C/c1ccc(C(F)(F)F)cc1)S(=O)(=O)c1ccc(C)cc1. The molecule has 29 heavy (non-hydrogen) atoms. The highest BCUT2D eigenvalue weighted by Crippen LogP contribution is 2.29. The first-order valence-electron chi connectivity index (χ1n) is 8.82. The molecule has 2 rings (SSSR count). The van der Waals surface area contributed by atoms with Gasteiger partial charge in [-0.05, 0) is 56.2 Å². The van der Waals surface area contributed by atoms with Crippen LogP contribution in [0.1, 0.15) is 30.5 Å². The fourth-order valence-electron chi connectivity index (χ4n) is 2.34. The Balaban J connectivity index is 2.26. The van der Waals surface area contributed by atoms with Crippen molar-refractivity contribution in [1.29, 1.82) is 0 Å². The van der Waals surface area contributed by atoms with Crippen LogP contribution in [0, 0.1) is 6.92 Å². The van der Waals surface area contributed by atoms with Gasteiger partial charge in [0.2, 0.25) is 0 Å². The Hall–Kier alpha value is -2.76. The average molecular weight is 421 g/mol. The van der Waals surface area contributed by atoms with Crippen molar-refractivity contribution in [2.45, 2.75) is 31.8 Å². The number of aryl methyl sites for hydroxylation is 1. The molecule has 0 heterocycles. The summed E-state index contributed by atoms with van der Waals surface area (Å²) in [5, 5.41) is 0. The lowest BCUT2D eigenvalue weighted by atomic mass is 10.1. The van der Waals surface area contributed by atoms with Gasteiger partial charge in [-0.3, -0.25) is 4.31 Å². The summed E-state index contributed by atoms with van der Waals surface area (Å²) in [6.07, 6.45) is 0.129. The lowest BCUT2D eigenvalue weighted by Crippen LogP contribution is -2.26. The first-order valence-corrected chi connectivity index (χ1v) is 10.3. The van der Waals surface area contributed by atoms with Crippen LogP contribution in [-0.4, -0.2) is 19.3 Å². The summed E-state index contributed by atoms with van der Waals surface area (Å²) in [6.45, 7) is 5.47. The van der Waals surface area contributed by atoms with Gasteiger partial charge in [-0.1, -0.05) is 42.0 Å². The zero-order chi connectivity index (χ0) is 21.7. The molecule has 0 amide bonds. The third-order valence-corrected chi connectivity index (χ3v) is 5.70. The number of rotatable bonds is 6. The second-order valence-corrected chi connectivity index (χ2v) is 8.57. The monoisotopic (exact) mass is 421 g/mol. The number of alkyl halides is 3. The Morgan fingerprint density at radius 2 is 1.62 bits per heavy atom. The van der Waals surface area contributed by atoms with E-state index in [1.807, 2.05) is 6.92 Å². The molecule has 0 fully saturated rings. The Labute approximate surface area is 169 Å². The minimum Gasteiger partial charge on any atom is -0.262 e. The predicted octanol–water partition coefficient (Wildman–Crippen LogP) is 5.80. The Kier molecular flexibility index (Phi) is 7.11. The average Bonchev–Trinajstić information content (AvgIpc) is 2.64. The molecule has 0 saturated heterocycles. The topological polar surface area (TPSA) is 37.4 Å². The van der Waals surface area contributed by atoms with Crippen molar-refractivity contribution in [1.82, 2.24) is 4.31 Å². The van der Waals surface area contributed by atoms with Crippen LogP contribution < -0.4 is 0 Å². The van der Waals surface area contributed by atoms with Crippen molar-refractivity contribution >= 4 is 16.1 Å². The lowest BCUT2D eigenvalue weighted by molar-refractivity contribution is -0.137. The molecule has 0 radical (unpaired) electrons. The van der Waals surface area contributed by atoms with Crippen molar-refractivity contribution in [2.75, 3.05) is 6.54 Å². The van der Waals surface area contributed by atoms with E-state index in [4.69, 9.17) is 0 Å². The highest BCUT2D eigenvalue weighted by atomic mass is 32.2. The van der Waals surface area contributed by atoms with Gasteiger partial charge in [0.25, 0.3) is 10.0 Å². The highest BCUT2D eigenvalue weighted by molar-refractivity contribution is 7.89. The largest absolute Gasteiger partial charge is 0.416 e. The molecule has 0 bridgehead atoms. The van der Waals surface area contributed by atoms with Crippen molar-refractivity contribution in [3.8, 4) is 0 Å². The van der Waals surface area contributed by atoms with Gasteiger partial charge in [0, 0.05) is 0 Å². The van der Waals surface area contributed by atoms with Crippen LogP contribution in [-0.2, 0) is 16.2 Å². The number of sulfonamides is 1. The molecule has 0 spiro atoms. The molecule has 0 aromatic heterocycles. The van der Waals surface area contributed by atoms with E-state index in [-0.39, 0.29) is 11.4 Å². The van der Waals surface area contributed by atoms with Gasteiger partial charge in [-0.2, -0.15) is 13.2 Å². The fourth-order valence-corrected chi connectivity index (χ4v) is 3.57. The number of benzene rings is 2. The zero-order valence-electron chi connectivity index (χ0n) is 16.4. The van der Waals surface area contributed by atoms with Gasteiger partial charge < -0.3 is 0 Å². The Morgan fingerprint density at radius 3 is 2.14 bits per heavy atom. The van der Waals surface area contributed by atoms with Gasteiger partial charge in [0.15, 0.2) is 0 Å². The summed E-state index contributed by atoms with van der Waals surface area (Å²) < 4.78 is 64.9. The summed E-state index contributed by atoms with van der Waals surface area (Å²) >= 11 is 0. The maximum Gasteiger partial charge on any atom is 0.416 e. The molecular weight excluding hydrogens is 399 g/mol. The van der Waals surface area contributed by atoms with E-state index in [1.165, 1.54) is 30.5 Å². The van der Waals surface area contributed by atoms with E-state index in [1.54, 1.807) is 38.1 Å². The third-order valence-electron chi connectivity index (χ3n) is 3.96. The number of nitrogens with zero attached hydrogens (tertiary/aromatic N) is 1. The van der Waals surface area contributed by atoms with Crippen molar-refractivity contribution in [2.24, 2.45) is 0 Å². The van der Waals surface area contributed by atoms with E-state index in [2.05, 4.69) is 5.73 Å². The molecule has 2 aromatic rings. The molecule has 2 aromatic carbocycles. The van der Waals surface area contributed by atoms with Gasteiger partial charge in [-0.25, -0.2) is 8.42 Å². The summed E-state index contributed by atoms with van der Waals surface area (Å²) in [5.41, 5.74) is 4.44. The van der Waals surface area contributed by atoms with Crippen molar-refractivity contribution < 1.29 is 21.6 Å². The normalized spacial score (nSPS) is 11.9. The smallest absolute Gasteiger partial charge is 0.262 e. The Morgan fingerprint density at radius 1 is 1.03 bits per heavy atom. The van der Waals surface area contributed by atoms with Crippen molar-refractivity contribution in [3.63, 3.8) is 0 Å². The quantitative estimate of drug-likeness (QED) is 0.553. The molecule has 0 unspecified atom stereocenters. The standard InChI is InChI=1S/C22H22F3NO2S/c1-17(2)14-16-26(29(27,28)21-12-6-18(3)7-13-21)15-4-5-19-8-10-20(11-9-19)22(23,24)25/h4-13,16H,15H2,1-3H3/b5-4+. The van der Waals surface area contributed by atoms with Crippen LogP contribution in [0.2, 0.25) is 0 Å². The van der Waals surface area contributed by atoms with Crippen LogP contribution >= 0.6 is 0 Å². The number of hydrogen-bond donors (Lipinski definition) is 0. The van der Waals surface area contributed by atoms with Gasteiger partial charge in [0.1, 0.15) is 0 Å². The molecule has 0 saturated carbocycles. The second kappa shape index (κ2) is 9.16. The maximum atomic E-state index is 12.9. The molecule has 0 aliphatic rings. The van der Waals surface area contributed by atoms with Gasteiger partial charge in [0.05, 0.1) is 23.2 Å². The second-order valence-electron chi connectivity index (χ2n) is 6.68. The molecule has 3 nitrogen and oxygen atoms in total. The first kappa shape index (κ1) is 22.5. The van der Waals surface area contributed by atoms with Gasteiger partial charge in [-0.15, -0.1) is 5.73 Å². The Bertz CT molecular complexity index is 1020. The summed E-state index contributed by atoms with van der Waals surface area (Å²) in [5.74, 6) is 0. The molecular formula is C22H22F3NO2S. The van der Waals surface area contributed by atoms with Crippen LogP contribution in [0.5, 0.6) is 0 Å². The van der Waals surface area contributed by atoms with E-state index >= 15 is 0 Å². The number of hydrogen-bond acceptors (Lipinski definition) is 2. The first-order chi connectivity index (χ1) is 13.5. The van der Waals surface area contributed by atoms with E-state index in [9.17, 15) is 21.6 Å². The van der Waals surface area contributed by atoms with Gasteiger partial charge >= 0.3 is 6.18 Å². The van der Waals surface area contributed by atoms with E-state index in [0.29, 0.717) is 5.56 Å². The minimum absolute atomic E-state index is 0.0114. The van der Waals surface area contributed by atoms with Crippen LogP contribution in [0.3, 0.4) is 0 Å². The van der Waals surface area contributed by atoms with E-state index in [0.717, 1.165) is 27.6 Å². The molecule has 0 aliphatic heterocycles. The number of allylic oxidation sites excluding steroid dienone is 1. The summed E-state index contributed by atoms with van der Waals surface area (Å²) in [7, 11) is -3.79. The molecule has 154 valence electrons. The van der Waals surface area contributed by atoms with Crippen molar-refractivity contribution in [3.05, 3.63) is 88.8 Å². The lowest BCUT2D eigenvalue weighted by Gasteiger charge is -2.18. The van der Waals surface area contributed by atoms with Crippen LogP contribution in [0.15, 0.2) is 77.0 Å². The molecule has 7 heteroatoms. The van der Waals surface area contributed by atoms with E-state index < -0.39 is 21.8 Å². The predicted molar refractivity (Wildman–Crippen MR) is 108 cm³/mol. The molecule has 0 N–H and O–H groups in total.